The summed E-state index contributed by atoms with van der Waals surface area (Å²) in [7, 11) is 0. The molecule has 6 heteroatoms. The van der Waals surface area contributed by atoms with Crippen molar-refractivity contribution in [1.82, 2.24) is 4.90 Å². The van der Waals surface area contributed by atoms with Crippen molar-refractivity contribution < 1.29 is 24.2 Å². The molecule has 1 unspecified atom stereocenters. The van der Waals surface area contributed by atoms with Crippen LogP contribution in [0.2, 0.25) is 0 Å². The molecule has 1 heterocycles. The first-order valence-corrected chi connectivity index (χ1v) is 8.84. The molecule has 27 heavy (non-hydrogen) atoms. The van der Waals surface area contributed by atoms with Gasteiger partial charge in [-0.15, -0.1) is 0 Å². The summed E-state index contributed by atoms with van der Waals surface area (Å²) < 4.78 is 11.2. The van der Waals surface area contributed by atoms with Crippen LogP contribution < -0.4 is 9.47 Å². The summed E-state index contributed by atoms with van der Waals surface area (Å²) in [4.78, 5) is 25.7. The average Bonchev–Trinajstić information content (AvgIpc) is 2.79. The normalized spacial score (nSPS) is 16.1. The van der Waals surface area contributed by atoms with E-state index in [0.29, 0.717) is 24.5 Å². The highest BCUT2D eigenvalue weighted by Gasteiger charge is 2.27. The molecule has 0 bridgehead atoms. The molecule has 3 rings (SSSR count). The van der Waals surface area contributed by atoms with E-state index in [0.717, 1.165) is 22.4 Å². The van der Waals surface area contributed by atoms with Gasteiger partial charge in [0.15, 0.2) is 6.61 Å². The third-order valence-corrected chi connectivity index (χ3v) is 4.63. The van der Waals surface area contributed by atoms with E-state index >= 15 is 0 Å². The van der Waals surface area contributed by atoms with E-state index in [1.165, 1.54) is 0 Å². The summed E-state index contributed by atoms with van der Waals surface area (Å²) in [5.41, 5.74) is 3.00. The molecule has 1 atom stereocenters. The standard InChI is InChI=1S/C21H23NO5/c1-13-8-17(9-14(2)20(13)27-12-19(23)24)21(25)22-10-16-6-4-5-7-18(16)26-11-15(22)3/h4-9,15H,10-12H2,1-3H3,(H,23,24). The maximum absolute atomic E-state index is 13.2. The number of carbonyl (C=O) groups excluding carboxylic acids is 1. The molecule has 142 valence electrons. The zero-order valence-electron chi connectivity index (χ0n) is 15.7. The lowest BCUT2D eigenvalue weighted by Crippen LogP contribution is -2.39. The lowest BCUT2D eigenvalue weighted by molar-refractivity contribution is -0.139. The first kappa shape index (κ1) is 18.8. The topological polar surface area (TPSA) is 76.1 Å². The molecular formula is C21H23NO5. The number of aliphatic carboxylic acids is 1. The van der Waals surface area contributed by atoms with Crippen molar-refractivity contribution in [2.24, 2.45) is 0 Å². The molecule has 0 aliphatic carbocycles. The van der Waals surface area contributed by atoms with Gasteiger partial charge in [0.25, 0.3) is 5.91 Å². The summed E-state index contributed by atoms with van der Waals surface area (Å²) >= 11 is 0. The molecule has 0 aromatic heterocycles. The molecule has 1 aliphatic rings. The average molecular weight is 369 g/mol. The molecule has 0 fully saturated rings. The van der Waals surface area contributed by atoms with Crippen molar-refractivity contribution >= 4 is 11.9 Å². The van der Waals surface area contributed by atoms with E-state index in [-0.39, 0.29) is 11.9 Å². The second kappa shape index (κ2) is 7.70. The highest BCUT2D eigenvalue weighted by atomic mass is 16.5. The van der Waals surface area contributed by atoms with E-state index in [9.17, 15) is 9.59 Å². The van der Waals surface area contributed by atoms with E-state index in [1.807, 2.05) is 45.0 Å². The van der Waals surface area contributed by atoms with Gasteiger partial charge in [0.1, 0.15) is 18.1 Å². The Morgan fingerprint density at radius 1 is 1.22 bits per heavy atom. The molecule has 0 saturated heterocycles. The number of fused-ring (bicyclic) bond motifs is 1. The second-order valence-corrected chi connectivity index (χ2v) is 6.82. The Balaban J connectivity index is 1.87. The van der Waals surface area contributed by atoms with Gasteiger partial charge in [0.2, 0.25) is 0 Å². The number of ether oxygens (including phenoxy) is 2. The minimum atomic E-state index is -1.04. The van der Waals surface area contributed by atoms with Gasteiger partial charge in [-0.2, -0.15) is 0 Å². The van der Waals surface area contributed by atoms with Gasteiger partial charge in [-0.05, 0) is 50.1 Å². The number of para-hydroxylation sites is 1. The first-order valence-electron chi connectivity index (χ1n) is 8.84. The molecule has 0 spiro atoms. The molecule has 2 aromatic rings. The monoisotopic (exact) mass is 369 g/mol. The Labute approximate surface area is 158 Å². The summed E-state index contributed by atoms with van der Waals surface area (Å²) in [6.45, 7) is 6.09. The van der Waals surface area contributed by atoms with Crippen LogP contribution in [0.5, 0.6) is 11.5 Å². The van der Waals surface area contributed by atoms with Crippen molar-refractivity contribution in [3.8, 4) is 11.5 Å². The number of carboxylic acid groups (broad SMARTS) is 1. The van der Waals surface area contributed by atoms with E-state index in [1.54, 1.807) is 17.0 Å². The number of amides is 1. The zero-order valence-corrected chi connectivity index (χ0v) is 15.7. The van der Waals surface area contributed by atoms with Gasteiger partial charge in [0.05, 0.1) is 12.6 Å². The summed E-state index contributed by atoms with van der Waals surface area (Å²) in [6, 6.07) is 11.2. The van der Waals surface area contributed by atoms with Crippen molar-refractivity contribution in [3.63, 3.8) is 0 Å². The smallest absolute Gasteiger partial charge is 0.341 e. The Bertz CT molecular complexity index is 854. The van der Waals surface area contributed by atoms with E-state index in [2.05, 4.69) is 0 Å². The maximum atomic E-state index is 13.2. The van der Waals surface area contributed by atoms with Crippen molar-refractivity contribution in [2.45, 2.75) is 33.4 Å². The third-order valence-electron chi connectivity index (χ3n) is 4.63. The number of benzene rings is 2. The van der Waals surface area contributed by atoms with Gasteiger partial charge in [-0.25, -0.2) is 4.79 Å². The van der Waals surface area contributed by atoms with Gasteiger partial charge in [-0.1, -0.05) is 18.2 Å². The van der Waals surface area contributed by atoms with Crippen molar-refractivity contribution in [3.05, 3.63) is 58.7 Å². The fraction of sp³-hybridized carbons (Fsp3) is 0.333. The van der Waals surface area contributed by atoms with Crippen LogP contribution in [0.25, 0.3) is 0 Å². The number of hydrogen-bond donors (Lipinski definition) is 1. The van der Waals surface area contributed by atoms with Crippen molar-refractivity contribution in [2.75, 3.05) is 13.2 Å². The lowest BCUT2D eigenvalue weighted by atomic mass is 10.0. The Morgan fingerprint density at radius 3 is 2.56 bits per heavy atom. The largest absolute Gasteiger partial charge is 0.491 e. The molecule has 0 saturated carbocycles. The Hall–Kier alpha value is -3.02. The van der Waals surface area contributed by atoms with Crippen LogP contribution in [0, 0.1) is 13.8 Å². The summed E-state index contributed by atoms with van der Waals surface area (Å²) in [6.07, 6.45) is 0. The van der Waals surface area contributed by atoms with Gasteiger partial charge in [-0.3, -0.25) is 4.79 Å². The van der Waals surface area contributed by atoms with Gasteiger partial charge >= 0.3 is 5.97 Å². The predicted octanol–water partition coefficient (Wildman–Crippen LogP) is 3.19. The summed E-state index contributed by atoms with van der Waals surface area (Å²) in [5.74, 6) is 0.195. The predicted molar refractivity (Wildman–Crippen MR) is 100 cm³/mol. The molecule has 1 amide bonds. The third kappa shape index (κ3) is 4.05. The van der Waals surface area contributed by atoms with Crippen LogP contribution in [-0.2, 0) is 11.3 Å². The van der Waals surface area contributed by atoms with Crippen molar-refractivity contribution in [1.29, 1.82) is 0 Å². The van der Waals surface area contributed by atoms with Crippen LogP contribution >= 0.6 is 0 Å². The molecule has 1 aliphatic heterocycles. The van der Waals surface area contributed by atoms with Crippen LogP contribution in [-0.4, -0.2) is 41.1 Å². The molecule has 1 N–H and O–H groups in total. The van der Waals surface area contributed by atoms with Crippen LogP contribution in [0.1, 0.15) is 34.0 Å². The fourth-order valence-electron chi connectivity index (χ4n) is 3.29. The quantitative estimate of drug-likeness (QED) is 0.896. The minimum absolute atomic E-state index is 0.0755. The maximum Gasteiger partial charge on any atom is 0.341 e. The zero-order chi connectivity index (χ0) is 19.6. The SMILES string of the molecule is Cc1cc(C(=O)N2Cc3ccccc3OCC2C)cc(C)c1OCC(=O)O. The van der Waals surface area contributed by atoms with Crippen LogP contribution in [0.3, 0.4) is 0 Å². The number of nitrogens with zero attached hydrogens (tertiary/aromatic N) is 1. The number of carbonyl (C=O) groups is 2. The number of carboxylic acids is 1. The van der Waals surface area contributed by atoms with Crippen LogP contribution in [0.4, 0.5) is 0 Å². The number of aryl methyl sites for hydroxylation is 2. The summed E-state index contributed by atoms with van der Waals surface area (Å²) in [5, 5.41) is 8.81. The van der Waals surface area contributed by atoms with E-state index in [4.69, 9.17) is 14.6 Å². The molecule has 2 aromatic carbocycles. The highest BCUT2D eigenvalue weighted by Crippen LogP contribution is 2.29. The number of hydrogen-bond acceptors (Lipinski definition) is 4. The van der Waals surface area contributed by atoms with Gasteiger partial charge < -0.3 is 19.5 Å². The first-order chi connectivity index (χ1) is 12.9. The second-order valence-electron chi connectivity index (χ2n) is 6.82. The van der Waals surface area contributed by atoms with Gasteiger partial charge in [0, 0.05) is 11.1 Å². The minimum Gasteiger partial charge on any atom is -0.491 e. The molecule has 6 nitrogen and oxygen atoms in total. The highest BCUT2D eigenvalue weighted by molar-refractivity contribution is 5.95. The Morgan fingerprint density at radius 2 is 1.89 bits per heavy atom. The van der Waals surface area contributed by atoms with E-state index < -0.39 is 12.6 Å². The van der Waals surface area contributed by atoms with Crippen LogP contribution in [0.15, 0.2) is 36.4 Å². The Kier molecular flexibility index (Phi) is 5.35. The molecular weight excluding hydrogens is 346 g/mol. The lowest BCUT2D eigenvalue weighted by Gasteiger charge is -2.27. The molecule has 0 radical (unpaired) electrons. The number of rotatable bonds is 4. The fourth-order valence-corrected chi connectivity index (χ4v) is 3.29.